The van der Waals surface area contributed by atoms with Crippen molar-refractivity contribution in [2.75, 3.05) is 24.7 Å². The van der Waals surface area contributed by atoms with Crippen LogP contribution in [-0.4, -0.2) is 35.8 Å². The zero-order valence-corrected chi connectivity index (χ0v) is 11.3. The van der Waals surface area contributed by atoms with E-state index in [1.807, 2.05) is 6.07 Å². The molecule has 0 N–H and O–H groups in total. The highest BCUT2D eigenvalue weighted by Crippen LogP contribution is 2.21. The fraction of sp³-hybridized carbons (Fsp3) is 0.333. The monoisotopic (exact) mass is 273 g/mol. The highest BCUT2D eigenvalue weighted by Gasteiger charge is 2.21. The van der Waals surface area contributed by atoms with Gasteiger partial charge in [-0.15, -0.1) is 0 Å². The Balaban J connectivity index is 1.91. The van der Waals surface area contributed by atoms with Gasteiger partial charge in [0.15, 0.2) is 0 Å². The number of nitrogens with zero attached hydrogens (tertiary/aromatic N) is 3. The van der Waals surface area contributed by atoms with Crippen molar-refractivity contribution in [1.29, 1.82) is 0 Å². The summed E-state index contributed by atoms with van der Waals surface area (Å²) in [4.78, 5) is 11.1. The maximum atomic E-state index is 13.0. The maximum absolute atomic E-state index is 13.0. The summed E-state index contributed by atoms with van der Waals surface area (Å²) in [5.74, 6) is 0.451. The second-order valence-corrected chi connectivity index (χ2v) is 4.87. The lowest BCUT2D eigenvalue weighted by Gasteiger charge is -2.33. The van der Waals surface area contributed by atoms with Gasteiger partial charge in [-0.1, -0.05) is 0 Å². The van der Waals surface area contributed by atoms with Gasteiger partial charge in [-0.2, -0.15) is 0 Å². The van der Waals surface area contributed by atoms with E-state index in [-0.39, 0.29) is 11.9 Å². The fourth-order valence-corrected chi connectivity index (χ4v) is 2.29. The first-order valence-electron chi connectivity index (χ1n) is 6.67. The summed E-state index contributed by atoms with van der Waals surface area (Å²) < 4.78 is 18.4. The molecule has 1 atom stereocenters. The molecular formula is C15H16FN3O. The van der Waals surface area contributed by atoms with Crippen molar-refractivity contribution >= 4 is 5.95 Å². The van der Waals surface area contributed by atoms with E-state index in [2.05, 4.69) is 21.8 Å². The fourth-order valence-electron chi connectivity index (χ4n) is 2.29. The van der Waals surface area contributed by atoms with Crippen LogP contribution in [0.15, 0.2) is 36.5 Å². The number of morpholine rings is 1. The third-order valence-corrected chi connectivity index (χ3v) is 3.41. The summed E-state index contributed by atoms with van der Waals surface area (Å²) in [5.41, 5.74) is 1.68. The van der Waals surface area contributed by atoms with Gasteiger partial charge < -0.3 is 9.64 Å². The summed E-state index contributed by atoms with van der Waals surface area (Å²) in [6, 6.07) is 8.42. The molecule has 5 heteroatoms. The molecule has 1 aromatic heterocycles. The minimum Gasteiger partial charge on any atom is -0.377 e. The van der Waals surface area contributed by atoms with Crippen LogP contribution >= 0.6 is 0 Å². The van der Waals surface area contributed by atoms with Gasteiger partial charge in [0.25, 0.3) is 0 Å². The van der Waals surface area contributed by atoms with E-state index >= 15 is 0 Å². The first-order valence-corrected chi connectivity index (χ1v) is 6.67. The number of ether oxygens (including phenoxy) is 1. The molecule has 0 saturated carbocycles. The van der Waals surface area contributed by atoms with Crippen LogP contribution in [0.5, 0.6) is 0 Å². The van der Waals surface area contributed by atoms with Crippen molar-refractivity contribution in [3.63, 3.8) is 0 Å². The molecule has 3 rings (SSSR count). The number of hydrogen-bond donors (Lipinski definition) is 0. The Morgan fingerprint density at radius 2 is 2.05 bits per heavy atom. The van der Waals surface area contributed by atoms with Crippen LogP contribution in [0, 0.1) is 5.82 Å². The lowest BCUT2D eigenvalue weighted by molar-refractivity contribution is 0.0981. The number of hydrogen-bond acceptors (Lipinski definition) is 4. The Labute approximate surface area is 117 Å². The van der Waals surface area contributed by atoms with Gasteiger partial charge in [-0.25, -0.2) is 14.4 Å². The van der Waals surface area contributed by atoms with Gasteiger partial charge >= 0.3 is 0 Å². The maximum Gasteiger partial charge on any atom is 0.226 e. The minimum atomic E-state index is -0.246. The van der Waals surface area contributed by atoms with E-state index in [4.69, 9.17) is 4.74 Å². The molecule has 4 nitrogen and oxygen atoms in total. The number of aromatic nitrogens is 2. The second-order valence-electron chi connectivity index (χ2n) is 4.87. The molecule has 1 aliphatic heterocycles. The Morgan fingerprint density at radius 1 is 1.25 bits per heavy atom. The summed E-state index contributed by atoms with van der Waals surface area (Å²) in [6.07, 6.45) is 1.74. The standard InChI is InChI=1S/C15H16FN3O/c1-11-10-20-9-8-19(11)15-17-7-6-14(18-15)12-2-4-13(16)5-3-12/h2-7,11H,8-10H2,1H3/t11-/m1/s1. The zero-order chi connectivity index (χ0) is 13.9. The molecule has 1 aliphatic rings. The molecule has 20 heavy (non-hydrogen) atoms. The molecule has 1 aromatic carbocycles. The van der Waals surface area contributed by atoms with Crippen molar-refractivity contribution < 1.29 is 9.13 Å². The van der Waals surface area contributed by atoms with Gasteiger partial charge in [0.2, 0.25) is 5.95 Å². The van der Waals surface area contributed by atoms with Gasteiger partial charge in [0.05, 0.1) is 24.9 Å². The summed E-state index contributed by atoms with van der Waals surface area (Å²) in [7, 11) is 0. The molecule has 0 radical (unpaired) electrons. The summed E-state index contributed by atoms with van der Waals surface area (Å²) >= 11 is 0. The van der Waals surface area contributed by atoms with Crippen LogP contribution < -0.4 is 4.90 Å². The first kappa shape index (κ1) is 13.0. The van der Waals surface area contributed by atoms with Crippen molar-refractivity contribution in [2.24, 2.45) is 0 Å². The zero-order valence-electron chi connectivity index (χ0n) is 11.3. The molecule has 104 valence electrons. The largest absolute Gasteiger partial charge is 0.377 e. The Morgan fingerprint density at radius 3 is 2.80 bits per heavy atom. The Bertz CT molecular complexity index is 588. The SMILES string of the molecule is C[C@@H]1COCCN1c1nccc(-c2ccc(F)cc2)n1. The quantitative estimate of drug-likeness (QED) is 0.842. The molecule has 0 bridgehead atoms. The number of anilines is 1. The molecular weight excluding hydrogens is 257 g/mol. The average molecular weight is 273 g/mol. The van der Waals surface area contributed by atoms with Gasteiger partial charge in [-0.3, -0.25) is 0 Å². The van der Waals surface area contributed by atoms with Crippen LogP contribution in [0.1, 0.15) is 6.92 Å². The third-order valence-electron chi connectivity index (χ3n) is 3.41. The normalized spacial score (nSPS) is 19.1. The van der Waals surface area contributed by atoms with Crippen LogP contribution in [-0.2, 0) is 4.74 Å². The van der Waals surface area contributed by atoms with Gasteiger partial charge in [-0.05, 0) is 37.3 Å². The molecule has 1 fully saturated rings. The minimum absolute atomic E-state index is 0.246. The molecule has 0 amide bonds. The molecule has 0 unspecified atom stereocenters. The Kier molecular flexibility index (Phi) is 3.60. The lowest BCUT2D eigenvalue weighted by atomic mass is 10.1. The molecule has 0 spiro atoms. The van der Waals surface area contributed by atoms with Crippen molar-refractivity contribution in [1.82, 2.24) is 9.97 Å². The summed E-state index contributed by atoms with van der Waals surface area (Å²) in [5, 5.41) is 0. The second kappa shape index (κ2) is 5.54. The van der Waals surface area contributed by atoms with E-state index in [0.29, 0.717) is 19.2 Å². The van der Waals surface area contributed by atoms with Gasteiger partial charge in [0.1, 0.15) is 5.82 Å². The van der Waals surface area contributed by atoms with E-state index in [1.165, 1.54) is 12.1 Å². The number of benzene rings is 1. The predicted molar refractivity (Wildman–Crippen MR) is 75.1 cm³/mol. The van der Waals surface area contributed by atoms with Crippen molar-refractivity contribution in [3.8, 4) is 11.3 Å². The average Bonchev–Trinajstić information content (AvgIpc) is 2.49. The summed E-state index contributed by atoms with van der Waals surface area (Å²) in [6.45, 7) is 4.25. The smallest absolute Gasteiger partial charge is 0.226 e. The van der Waals surface area contributed by atoms with Crippen LogP contribution in [0.2, 0.25) is 0 Å². The van der Waals surface area contributed by atoms with Crippen LogP contribution in [0.3, 0.4) is 0 Å². The number of halogens is 1. The predicted octanol–water partition coefficient (Wildman–Crippen LogP) is 2.51. The van der Waals surface area contributed by atoms with Crippen LogP contribution in [0.4, 0.5) is 10.3 Å². The topological polar surface area (TPSA) is 38.2 Å². The highest BCUT2D eigenvalue weighted by atomic mass is 19.1. The van der Waals surface area contributed by atoms with E-state index in [9.17, 15) is 4.39 Å². The first-order chi connectivity index (χ1) is 9.74. The molecule has 2 heterocycles. The van der Waals surface area contributed by atoms with E-state index in [1.54, 1.807) is 18.3 Å². The van der Waals surface area contributed by atoms with Crippen molar-refractivity contribution in [2.45, 2.75) is 13.0 Å². The molecule has 1 saturated heterocycles. The van der Waals surface area contributed by atoms with Crippen LogP contribution in [0.25, 0.3) is 11.3 Å². The Hall–Kier alpha value is -2.01. The lowest BCUT2D eigenvalue weighted by Crippen LogP contribution is -2.44. The van der Waals surface area contributed by atoms with Crippen molar-refractivity contribution in [3.05, 3.63) is 42.3 Å². The van der Waals surface area contributed by atoms with Gasteiger partial charge in [0, 0.05) is 18.3 Å². The van der Waals surface area contributed by atoms with E-state index < -0.39 is 0 Å². The number of rotatable bonds is 2. The molecule has 0 aliphatic carbocycles. The highest BCUT2D eigenvalue weighted by molar-refractivity contribution is 5.60. The van der Waals surface area contributed by atoms with E-state index in [0.717, 1.165) is 17.8 Å². The third kappa shape index (κ3) is 2.63. The molecule has 2 aromatic rings.